The second kappa shape index (κ2) is 6.08. The van der Waals surface area contributed by atoms with E-state index < -0.39 is 10.8 Å². The highest BCUT2D eigenvalue weighted by Crippen LogP contribution is 2.16. The van der Waals surface area contributed by atoms with Crippen LogP contribution < -0.4 is 5.32 Å². The van der Waals surface area contributed by atoms with E-state index in [0.29, 0.717) is 11.7 Å². The molecule has 0 unspecified atom stereocenters. The summed E-state index contributed by atoms with van der Waals surface area (Å²) in [5.41, 5.74) is 0.194. The lowest BCUT2D eigenvalue weighted by Crippen LogP contribution is -2.30. The summed E-state index contributed by atoms with van der Waals surface area (Å²) in [6, 6.07) is 0. The van der Waals surface area contributed by atoms with Gasteiger partial charge in [0.15, 0.2) is 0 Å². The van der Waals surface area contributed by atoms with Gasteiger partial charge in [-0.15, -0.1) is 10.2 Å². The third-order valence-corrected chi connectivity index (χ3v) is 3.18. The molecule has 1 N–H and O–H groups in total. The van der Waals surface area contributed by atoms with Gasteiger partial charge in [-0.2, -0.15) is 0 Å². The second-order valence-electron chi connectivity index (χ2n) is 5.36. The molecule has 0 aliphatic rings. The molecule has 1 amide bonds. The number of nitrogens with one attached hydrogen (secondary N) is 1. The maximum absolute atomic E-state index is 11.7. The molecular formula is C11H20N4O2S. The minimum absolute atomic E-state index is 0.103. The van der Waals surface area contributed by atoms with E-state index in [1.54, 1.807) is 0 Å². The quantitative estimate of drug-likeness (QED) is 0.850. The molecule has 0 bridgehead atoms. The average molecular weight is 272 g/mol. The Morgan fingerprint density at radius 1 is 1.50 bits per heavy atom. The highest BCUT2D eigenvalue weighted by atomic mass is 32.2. The van der Waals surface area contributed by atoms with Crippen LogP contribution in [-0.2, 0) is 22.1 Å². The highest BCUT2D eigenvalue weighted by Gasteiger charge is 2.13. The van der Waals surface area contributed by atoms with E-state index in [0.717, 1.165) is 6.42 Å². The zero-order valence-corrected chi connectivity index (χ0v) is 12.1. The van der Waals surface area contributed by atoms with E-state index in [1.165, 1.54) is 17.2 Å². The van der Waals surface area contributed by atoms with Gasteiger partial charge in [0.1, 0.15) is 12.9 Å². The van der Waals surface area contributed by atoms with Gasteiger partial charge in [0.05, 0.1) is 10.8 Å². The number of rotatable bonds is 5. The van der Waals surface area contributed by atoms with Crippen molar-refractivity contribution in [3.63, 3.8) is 0 Å². The lowest BCUT2D eigenvalue weighted by Gasteiger charge is -2.18. The molecule has 1 atom stereocenters. The molecule has 0 aliphatic carbocycles. The van der Waals surface area contributed by atoms with E-state index in [1.807, 2.05) is 0 Å². The molecule has 0 aliphatic heterocycles. The Morgan fingerprint density at radius 3 is 2.72 bits per heavy atom. The van der Waals surface area contributed by atoms with Crippen molar-refractivity contribution in [3.8, 4) is 0 Å². The van der Waals surface area contributed by atoms with E-state index >= 15 is 0 Å². The number of hydrogen-bond donors (Lipinski definition) is 1. The van der Waals surface area contributed by atoms with Crippen LogP contribution in [0, 0.1) is 5.41 Å². The molecule has 1 rings (SSSR count). The standard InChI is InChI=1S/C11H20N4O2S/c1-11(2,3)5-6-12-9(16)7-15-8-13-14-10(15)18(4)17/h8H,5-7H2,1-4H3,(H,12,16)/t18-/m1/s1. The summed E-state index contributed by atoms with van der Waals surface area (Å²) in [6.07, 6.45) is 3.84. The number of hydrogen-bond acceptors (Lipinski definition) is 4. The number of nitrogens with zero attached hydrogens (tertiary/aromatic N) is 3. The Balaban J connectivity index is 2.45. The van der Waals surface area contributed by atoms with Crippen molar-refractivity contribution in [1.29, 1.82) is 0 Å². The van der Waals surface area contributed by atoms with Crippen molar-refractivity contribution in [2.45, 2.75) is 38.9 Å². The molecule has 0 fully saturated rings. The smallest absolute Gasteiger partial charge is 0.240 e. The summed E-state index contributed by atoms with van der Waals surface area (Å²) in [7, 11) is -1.24. The predicted molar refractivity (Wildman–Crippen MR) is 69.4 cm³/mol. The van der Waals surface area contributed by atoms with Crippen LogP contribution in [0.3, 0.4) is 0 Å². The van der Waals surface area contributed by atoms with Crippen LogP contribution in [0.15, 0.2) is 11.5 Å². The first-order valence-electron chi connectivity index (χ1n) is 5.77. The van der Waals surface area contributed by atoms with Gasteiger partial charge in [-0.25, -0.2) is 0 Å². The molecule has 0 radical (unpaired) electrons. The molecule has 0 saturated heterocycles. The molecule has 1 aromatic rings. The third-order valence-electron chi connectivity index (χ3n) is 2.35. The van der Waals surface area contributed by atoms with Crippen molar-refractivity contribution in [3.05, 3.63) is 6.33 Å². The molecule has 1 heterocycles. The van der Waals surface area contributed by atoms with Gasteiger partial charge in [-0.1, -0.05) is 20.8 Å². The van der Waals surface area contributed by atoms with Crippen LogP contribution in [-0.4, -0.2) is 37.7 Å². The molecule has 0 saturated carbocycles. The maximum atomic E-state index is 11.7. The van der Waals surface area contributed by atoms with Crippen molar-refractivity contribution in [2.75, 3.05) is 12.8 Å². The molecule has 1 aromatic heterocycles. The van der Waals surface area contributed by atoms with Gasteiger partial charge >= 0.3 is 0 Å². The van der Waals surface area contributed by atoms with E-state index in [-0.39, 0.29) is 17.9 Å². The fourth-order valence-electron chi connectivity index (χ4n) is 1.36. The molecule has 18 heavy (non-hydrogen) atoms. The molecule has 7 heteroatoms. The van der Waals surface area contributed by atoms with Crippen LogP contribution in [0.2, 0.25) is 0 Å². The Labute approximate surface area is 110 Å². The highest BCUT2D eigenvalue weighted by molar-refractivity contribution is 7.84. The number of aromatic nitrogens is 3. The first kappa shape index (κ1) is 14.8. The topological polar surface area (TPSA) is 76.9 Å². The lowest BCUT2D eigenvalue weighted by atomic mass is 9.92. The number of amides is 1. The summed E-state index contributed by atoms with van der Waals surface area (Å²) in [6.45, 7) is 7.10. The molecule has 6 nitrogen and oxygen atoms in total. The van der Waals surface area contributed by atoms with E-state index in [2.05, 4.69) is 36.3 Å². The minimum Gasteiger partial charge on any atom is -0.355 e. The first-order chi connectivity index (χ1) is 8.29. The zero-order chi connectivity index (χ0) is 13.8. The average Bonchev–Trinajstić information content (AvgIpc) is 2.63. The van der Waals surface area contributed by atoms with Crippen LogP contribution in [0.5, 0.6) is 0 Å². The van der Waals surface area contributed by atoms with Crippen LogP contribution >= 0.6 is 0 Å². The molecule has 0 spiro atoms. The lowest BCUT2D eigenvalue weighted by molar-refractivity contribution is -0.121. The maximum Gasteiger partial charge on any atom is 0.240 e. The van der Waals surface area contributed by atoms with Crippen molar-refractivity contribution >= 4 is 16.7 Å². The second-order valence-corrected chi connectivity index (χ2v) is 6.63. The predicted octanol–water partition coefficient (Wildman–Crippen LogP) is 0.568. The summed E-state index contributed by atoms with van der Waals surface area (Å²) in [5.74, 6) is -0.120. The number of carbonyl (C=O) groups is 1. The summed E-state index contributed by atoms with van der Waals surface area (Å²) >= 11 is 0. The van der Waals surface area contributed by atoms with Crippen molar-refractivity contribution < 1.29 is 9.00 Å². The van der Waals surface area contributed by atoms with Crippen LogP contribution in [0.4, 0.5) is 0 Å². The number of carbonyl (C=O) groups excluding carboxylic acids is 1. The van der Waals surface area contributed by atoms with Gasteiger partial charge in [-0.05, 0) is 11.8 Å². The SMILES string of the molecule is C[S@@](=O)c1nncn1CC(=O)NCCC(C)(C)C. The van der Waals surface area contributed by atoms with Crippen LogP contribution in [0.25, 0.3) is 0 Å². The van der Waals surface area contributed by atoms with Gasteiger partial charge < -0.3 is 5.32 Å². The van der Waals surface area contributed by atoms with Crippen molar-refractivity contribution in [1.82, 2.24) is 20.1 Å². The van der Waals surface area contributed by atoms with Gasteiger partial charge in [0.2, 0.25) is 11.1 Å². The monoisotopic (exact) mass is 272 g/mol. The summed E-state index contributed by atoms with van der Waals surface area (Å²) in [4.78, 5) is 11.7. The van der Waals surface area contributed by atoms with Gasteiger partial charge in [0.25, 0.3) is 0 Å². The van der Waals surface area contributed by atoms with Crippen LogP contribution in [0.1, 0.15) is 27.2 Å². The van der Waals surface area contributed by atoms with E-state index in [9.17, 15) is 9.00 Å². The Bertz CT molecular complexity index is 436. The summed E-state index contributed by atoms with van der Waals surface area (Å²) in [5, 5.41) is 10.5. The summed E-state index contributed by atoms with van der Waals surface area (Å²) < 4.78 is 12.8. The van der Waals surface area contributed by atoms with Gasteiger partial charge in [0, 0.05) is 12.8 Å². The van der Waals surface area contributed by atoms with Gasteiger partial charge in [-0.3, -0.25) is 13.6 Å². The normalized spacial score (nSPS) is 13.3. The zero-order valence-electron chi connectivity index (χ0n) is 11.3. The van der Waals surface area contributed by atoms with Crippen molar-refractivity contribution in [2.24, 2.45) is 5.41 Å². The first-order valence-corrected chi connectivity index (χ1v) is 7.33. The molecule has 102 valence electrons. The molecule has 0 aromatic carbocycles. The fourth-order valence-corrected chi connectivity index (χ4v) is 1.97. The van der Waals surface area contributed by atoms with E-state index in [4.69, 9.17) is 0 Å². The molecular weight excluding hydrogens is 252 g/mol. The Hall–Kier alpha value is -1.24. The third kappa shape index (κ3) is 4.95. The minimum atomic E-state index is -1.24. The Morgan fingerprint density at radius 2 is 2.17 bits per heavy atom. The fraction of sp³-hybridized carbons (Fsp3) is 0.727. The largest absolute Gasteiger partial charge is 0.355 e. The Kier molecular flexibility index (Phi) is 5.01.